The van der Waals surface area contributed by atoms with Gasteiger partial charge in [-0.2, -0.15) is 0 Å². The molecule has 2 aromatic rings. The van der Waals surface area contributed by atoms with Crippen LogP contribution < -0.4 is 0 Å². The maximum Gasteiger partial charge on any atom is 0.237 e. The molecule has 0 fully saturated rings. The standard InChI is InChI=1S/C17H18ClFN2OS/c1-20(10-13-14(18)3-2-4-15(13)19)11-17(22)21-7-5-16-12(9-21)6-8-23-16/h2-4,6,8H,5,7,9-11H2,1H3. The fourth-order valence-corrected chi connectivity index (χ4v) is 3.91. The maximum absolute atomic E-state index is 13.8. The van der Waals surface area contributed by atoms with E-state index in [0.29, 0.717) is 23.7 Å². The van der Waals surface area contributed by atoms with Crippen LogP contribution in [-0.4, -0.2) is 35.8 Å². The van der Waals surface area contributed by atoms with Gasteiger partial charge in [0.05, 0.1) is 6.54 Å². The van der Waals surface area contributed by atoms with Gasteiger partial charge in [0.2, 0.25) is 5.91 Å². The first-order valence-electron chi connectivity index (χ1n) is 7.49. The van der Waals surface area contributed by atoms with Gasteiger partial charge >= 0.3 is 0 Å². The Labute approximate surface area is 144 Å². The predicted molar refractivity (Wildman–Crippen MR) is 91.2 cm³/mol. The highest BCUT2D eigenvalue weighted by atomic mass is 35.5. The molecule has 3 rings (SSSR count). The van der Waals surface area contributed by atoms with Crippen LogP contribution in [0, 0.1) is 5.82 Å². The van der Waals surface area contributed by atoms with E-state index in [4.69, 9.17) is 11.6 Å². The van der Waals surface area contributed by atoms with Crippen LogP contribution >= 0.6 is 22.9 Å². The van der Waals surface area contributed by atoms with Gasteiger partial charge in [0.1, 0.15) is 5.82 Å². The number of hydrogen-bond acceptors (Lipinski definition) is 3. The molecule has 1 aromatic heterocycles. The van der Waals surface area contributed by atoms with Crippen LogP contribution in [0.1, 0.15) is 16.0 Å². The lowest BCUT2D eigenvalue weighted by Gasteiger charge is -2.29. The molecule has 0 bridgehead atoms. The van der Waals surface area contributed by atoms with Crippen molar-refractivity contribution in [1.29, 1.82) is 0 Å². The molecule has 1 aromatic carbocycles. The van der Waals surface area contributed by atoms with Crippen molar-refractivity contribution in [2.45, 2.75) is 19.5 Å². The van der Waals surface area contributed by atoms with Crippen molar-refractivity contribution >= 4 is 28.8 Å². The van der Waals surface area contributed by atoms with E-state index in [1.54, 1.807) is 35.4 Å². The summed E-state index contributed by atoms with van der Waals surface area (Å²) < 4.78 is 13.8. The summed E-state index contributed by atoms with van der Waals surface area (Å²) in [6.07, 6.45) is 0.918. The Kier molecular flexibility index (Phi) is 4.99. The number of carbonyl (C=O) groups excluding carboxylic acids is 1. The lowest BCUT2D eigenvalue weighted by molar-refractivity contribution is -0.133. The summed E-state index contributed by atoms with van der Waals surface area (Å²) in [7, 11) is 1.81. The molecule has 6 heteroatoms. The van der Waals surface area contributed by atoms with Crippen LogP contribution in [0.2, 0.25) is 5.02 Å². The van der Waals surface area contributed by atoms with Crippen LogP contribution in [-0.2, 0) is 24.3 Å². The Morgan fingerprint density at radius 3 is 3.04 bits per heavy atom. The fourth-order valence-electron chi connectivity index (χ4n) is 2.80. The molecule has 1 aliphatic heterocycles. The van der Waals surface area contributed by atoms with Gasteiger partial charge in [-0.1, -0.05) is 17.7 Å². The van der Waals surface area contributed by atoms with Gasteiger partial charge < -0.3 is 4.90 Å². The van der Waals surface area contributed by atoms with Crippen molar-refractivity contribution in [1.82, 2.24) is 9.80 Å². The topological polar surface area (TPSA) is 23.6 Å². The minimum atomic E-state index is -0.335. The first-order chi connectivity index (χ1) is 11.0. The number of rotatable bonds is 4. The number of nitrogens with zero attached hydrogens (tertiary/aromatic N) is 2. The van der Waals surface area contributed by atoms with Crippen molar-refractivity contribution < 1.29 is 9.18 Å². The van der Waals surface area contributed by atoms with Crippen LogP contribution in [0.15, 0.2) is 29.6 Å². The molecular formula is C17H18ClFN2OS. The van der Waals surface area contributed by atoms with E-state index in [1.165, 1.54) is 16.5 Å². The van der Waals surface area contributed by atoms with Crippen molar-refractivity contribution in [3.63, 3.8) is 0 Å². The smallest absolute Gasteiger partial charge is 0.237 e. The zero-order chi connectivity index (χ0) is 16.4. The minimum Gasteiger partial charge on any atom is -0.337 e. The zero-order valence-electron chi connectivity index (χ0n) is 12.9. The molecule has 0 saturated heterocycles. The van der Waals surface area contributed by atoms with E-state index >= 15 is 0 Å². The Bertz CT molecular complexity index is 698. The molecular weight excluding hydrogens is 335 g/mol. The van der Waals surface area contributed by atoms with E-state index in [9.17, 15) is 9.18 Å². The second-order valence-corrected chi connectivity index (χ2v) is 7.21. The van der Waals surface area contributed by atoms with Gasteiger partial charge in [0.15, 0.2) is 0 Å². The van der Waals surface area contributed by atoms with Gasteiger partial charge in [0.25, 0.3) is 0 Å². The van der Waals surface area contributed by atoms with Crippen LogP contribution in [0.25, 0.3) is 0 Å². The first kappa shape index (κ1) is 16.4. The third-order valence-corrected chi connectivity index (χ3v) is 5.43. The SMILES string of the molecule is CN(CC(=O)N1CCc2sccc2C1)Cc1c(F)cccc1Cl. The molecule has 0 radical (unpaired) electrons. The van der Waals surface area contributed by atoms with E-state index in [2.05, 4.69) is 11.4 Å². The Balaban J connectivity index is 1.60. The Morgan fingerprint density at radius 1 is 1.43 bits per heavy atom. The van der Waals surface area contributed by atoms with Crippen molar-refractivity contribution in [2.75, 3.05) is 20.1 Å². The number of likely N-dealkylation sites (N-methyl/N-ethyl adjacent to an activating group) is 1. The molecule has 23 heavy (non-hydrogen) atoms. The molecule has 0 aliphatic carbocycles. The fraction of sp³-hybridized carbons (Fsp3) is 0.353. The van der Waals surface area contributed by atoms with E-state index in [-0.39, 0.29) is 18.3 Å². The van der Waals surface area contributed by atoms with Crippen LogP contribution in [0.3, 0.4) is 0 Å². The molecule has 0 N–H and O–H groups in total. The van der Waals surface area contributed by atoms with Gasteiger partial charge in [-0.05, 0) is 42.6 Å². The van der Waals surface area contributed by atoms with Gasteiger partial charge in [0, 0.05) is 35.1 Å². The van der Waals surface area contributed by atoms with Crippen molar-refractivity contribution in [2.24, 2.45) is 0 Å². The number of fused-ring (bicyclic) bond motifs is 1. The third-order valence-electron chi connectivity index (χ3n) is 4.06. The second-order valence-electron chi connectivity index (χ2n) is 5.81. The summed E-state index contributed by atoms with van der Waals surface area (Å²) in [5, 5.41) is 2.47. The highest BCUT2D eigenvalue weighted by Crippen LogP contribution is 2.24. The van der Waals surface area contributed by atoms with Gasteiger partial charge in [-0.15, -0.1) is 11.3 Å². The molecule has 3 nitrogen and oxygen atoms in total. The molecule has 0 atom stereocenters. The normalized spacial score (nSPS) is 14.2. The molecule has 1 aliphatic rings. The van der Waals surface area contributed by atoms with Crippen LogP contribution in [0.4, 0.5) is 4.39 Å². The summed E-state index contributed by atoms with van der Waals surface area (Å²) in [6, 6.07) is 6.72. The highest BCUT2D eigenvalue weighted by Gasteiger charge is 2.22. The van der Waals surface area contributed by atoms with E-state index in [1.807, 2.05) is 4.90 Å². The quantitative estimate of drug-likeness (QED) is 0.840. The lowest BCUT2D eigenvalue weighted by atomic mass is 10.1. The minimum absolute atomic E-state index is 0.0665. The van der Waals surface area contributed by atoms with E-state index in [0.717, 1.165) is 13.0 Å². The number of thiophene rings is 1. The number of hydrogen-bond donors (Lipinski definition) is 0. The lowest BCUT2D eigenvalue weighted by Crippen LogP contribution is -2.41. The zero-order valence-corrected chi connectivity index (χ0v) is 14.5. The summed E-state index contributed by atoms with van der Waals surface area (Å²) in [4.78, 5) is 17.5. The number of halogens is 2. The average Bonchev–Trinajstić information content (AvgIpc) is 2.98. The van der Waals surface area contributed by atoms with E-state index < -0.39 is 0 Å². The van der Waals surface area contributed by atoms with Crippen molar-refractivity contribution in [3.8, 4) is 0 Å². The Morgan fingerprint density at radius 2 is 2.26 bits per heavy atom. The first-order valence-corrected chi connectivity index (χ1v) is 8.75. The molecule has 0 saturated carbocycles. The Hall–Kier alpha value is -1.43. The number of amides is 1. The van der Waals surface area contributed by atoms with Gasteiger partial charge in [-0.25, -0.2) is 4.39 Å². The highest BCUT2D eigenvalue weighted by molar-refractivity contribution is 7.10. The van der Waals surface area contributed by atoms with Crippen molar-refractivity contribution in [3.05, 3.63) is 56.5 Å². The monoisotopic (exact) mass is 352 g/mol. The molecule has 122 valence electrons. The molecule has 1 amide bonds. The van der Waals surface area contributed by atoms with Gasteiger partial charge in [-0.3, -0.25) is 9.69 Å². The van der Waals surface area contributed by atoms with Crippen LogP contribution in [0.5, 0.6) is 0 Å². The predicted octanol–water partition coefficient (Wildman–Crippen LogP) is 3.56. The summed E-state index contributed by atoms with van der Waals surface area (Å²) in [5.41, 5.74) is 1.68. The summed E-state index contributed by atoms with van der Waals surface area (Å²) >= 11 is 7.79. The molecule has 0 unspecified atom stereocenters. The number of carbonyl (C=O) groups is 1. The molecule has 0 spiro atoms. The average molecular weight is 353 g/mol. The second kappa shape index (κ2) is 6.99. The third kappa shape index (κ3) is 3.74. The maximum atomic E-state index is 13.8. The number of benzene rings is 1. The molecule has 2 heterocycles. The summed E-state index contributed by atoms with van der Waals surface area (Å²) in [6.45, 7) is 1.99. The largest absolute Gasteiger partial charge is 0.337 e. The summed E-state index contributed by atoms with van der Waals surface area (Å²) in [5.74, 6) is -0.269.